The third-order valence-corrected chi connectivity index (χ3v) is 3.47. The molecule has 0 saturated carbocycles. The van der Waals surface area contributed by atoms with Crippen LogP contribution in [-0.4, -0.2) is 5.11 Å². The molecule has 2 aromatic carbocycles. The standard InChI is InChI=1S/C17H20O/c1-3-15(16-6-4-5-7-17(16)18)12-14-10-8-13(2)9-11-14/h4-11,15,18H,3,12H2,1-2H3. The summed E-state index contributed by atoms with van der Waals surface area (Å²) in [5.74, 6) is 0.797. The minimum atomic E-state index is 0.383. The summed E-state index contributed by atoms with van der Waals surface area (Å²) in [6.45, 7) is 4.27. The SMILES string of the molecule is CCC(Cc1ccc(C)cc1)c1ccccc1O. The first-order chi connectivity index (χ1) is 8.70. The molecule has 0 saturated heterocycles. The first-order valence-electron chi connectivity index (χ1n) is 6.54. The number of aromatic hydroxyl groups is 1. The van der Waals surface area contributed by atoms with Gasteiger partial charge in [-0.15, -0.1) is 0 Å². The Bertz CT molecular complexity index is 499. The normalized spacial score (nSPS) is 12.3. The maximum atomic E-state index is 9.93. The fourth-order valence-corrected chi connectivity index (χ4v) is 2.32. The van der Waals surface area contributed by atoms with Crippen molar-refractivity contribution >= 4 is 0 Å². The molecule has 1 atom stereocenters. The molecule has 0 bridgehead atoms. The molecule has 94 valence electrons. The van der Waals surface area contributed by atoms with Gasteiger partial charge in [0.05, 0.1) is 0 Å². The van der Waals surface area contributed by atoms with E-state index in [0.717, 1.165) is 18.4 Å². The first kappa shape index (κ1) is 12.7. The Balaban J connectivity index is 2.20. The van der Waals surface area contributed by atoms with Crippen molar-refractivity contribution in [2.75, 3.05) is 0 Å². The number of phenols is 1. The minimum absolute atomic E-state index is 0.383. The second-order valence-corrected chi connectivity index (χ2v) is 4.85. The van der Waals surface area contributed by atoms with Crippen LogP contribution in [0.3, 0.4) is 0 Å². The average Bonchev–Trinajstić information content (AvgIpc) is 2.39. The summed E-state index contributed by atoms with van der Waals surface area (Å²) in [6, 6.07) is 16.3. The predicted octanol–water partition coefficient (Wildman–Crippen LogP) is 4.44. The number of para-hydroxylation sites is 1. The zero-order valence-corrected chi connectivity index (χ0v) is 11.1. The van der Waals surface area contributed by atoms with Gasteiger partial charge in [0.25, 0.3) is 0 Å². The summed E-state index contributed by atoms with van der Waals surface area (Å²) >= 11 is 0. The summed E-state index contributed by atoms with van der Waals surface area (Å²) in [5, 5.41) is 9.93. The van der Waals surface area contributed by atoms with Gasteiger partial charge in [0.1, 0.15) is 5.75 Å². The van der Waals surface area contributed by atoms with Gasteiger partial charge in [0, 0.05) is 0 Å². The highest BCUT2D eigenvalue weighted by atomic mass is 16.3. The van der Waals surface area contributed by atoms with Crippen LogP contribution in [-0.2, 0) is 6.42 Å². The van der Waals surface area contributed by atoms with Crippen molar-refractivity contribution in [3.63, 3.8) is 0 Å². The van der Waals surface area contributed by atoms with Crippen molar-refractivity contribution in [2.24, 2.45) is 0 Å². The largest absolute Gasteiger partial charge is 0.508 e. The van der Waals surface area contributed by atoms with E-state index >= 15 is 0 Å². The number of rotatable bonds is 4. The summed E-state index contributed by atoms with van der Waals surface area (Å²) in [6.07, 6.45) is 2.01. The van der Waals surface area contributed by atoms with Crippen molar-refractivity contribution in [1.29, 1.82) is 0 Å². The molecule has 2 rings (SSSR count). The lowest BCUT2D eigenvalue weighted by molar-refractivity contribution is 0.458. The molecule has 1 nitrogen and oxygen atoms in total. The Hall–Kier alpha value is -1.76. The van der Waals surface area contributed by atoms with Crippen LogP contribution in [0.4, 0.5) is 0 Å². The molecule has 18 heavy (non-hydrogen) atoms. The van der Waals surface area contributed by atoms with Gasteiger partial charge in [-0.1, -0.05) is 55.0 Å². The van der Waals surface area contributed by atoms with E-state index in [1.54, 1.807) is 6.07 Å². The Morgan fingerprint density at radius 2 is 1.67 bits per heavy atom. The van der Waals surface area contributed by atoms with Crippen molar-refractivity contribution in [3.05, 3.63) is 65.2 Å². The van der Waals surface area contributed by atoms with Gasteiger partial charge >= 0.3 is 0 Å². The van der Waals surface area contributed by atoms with Crippen molar-refractivity contribution < 1.29 is 5.11 Å². The molecule has 0 aliphatic carbocycles. The van der Waals surface area contributed by atoms with Gasteiger partial charge in [-0.25, -0.2) is 0 Å². The quantitative estimate of drug-likeness (QED) is 0.837. The molecule has 1 N–H and O–H groups in total. The molecule has 2 aromatic rings. The van der Waals surface area contributed by atoms with Crippen LogP contribution in [0.5, 0.6) is 5.75 Å². The van der Waals surface area contributed by atoms with Crippen molar-refractivity contribution in [1.82, 2.24) is 0 Å². The molecule has 0 fully saturated rings. The fourth-order valence-electron chi connectivity index (χ4n) is 2.32. The maximum absolute atomic E-state index is 9.93. The third kappa shape index (κ3) is 2.92. The average molecular weight is 240 g/mol. The second-order valence-electron chi connectivity index (χ2n) is 4.85. The molecule has 1 unspecified atom stereocenters. The number of hydrogen-bond donors (Lipinski definition) is 1. The number of benzene rings is 2. The molecule has 0 aliphatic rings. The summed E-state index contributed by atoms with van der Waals surface area (Å²) < 4.78 is 0. The van der Waals surface area contributed by atoms with Crippen LogP contribution >= 0.6 is 0 Å². The lowest BCUT2D eigenvalue weighted by Gasteiger charge is -2.16. The minimum Gasteiger partial charge on any atom is -0.508 e. The topological polar surface area (TPSA) is 20.2 Å². The lowest BCUT2D eigenvalue weighted by atomic mass is 9.89. The fraction of sp³-hybridized carbons (Fsp3) is 0.294. The van der Waals surface area contributed by atoms with Crippen molar-refractivity contribution in [3.8, 4) is 5.75 Å². The lowest BCUT2D eigenvalue weighted by Crippen LogP contribution is -2.02. The zero-order chi connectivity index (χ0) is 13.0. The van der Waals surface area contributed by atoms with Gasteiger partial charge in [0.15, 0.2) is 0 Å². The van der Waals surface area contributed by atoms with E-state index in [-0.39, 0.29) is 0 Å². The summed E-state index contributed by atoms with van der Waals surface area (Å²) in [7, 11) is 0. The first-order valence-corrected chi connectivity index (χ1v) is 6.54. The van der Waals surface area contributed by atoms with Crippen LogP contribution in [0.2, 0.25) is 0 Å². The van der Waals surface area contributed by atoms with Gasteiger partial charge in [-0.2, -0.15) is 0 Å². The van der Waals surface area contributed by atoms with Crippen molar-refractivity contribution in [2.45, 2.75) is 32.6 Å². The number of hydrogen-bond acceptors (Lipinski definition) is 1. The molecule has 0 radical (unpaired) electrons. The monoisotopic (exact) mass is 240 g/mol. The third-order valence-electron chi connectivity index (χ3n) is 3.47. The van der Waals surface area contributed by atoms with E-state index in [9.17, 15) is 5.11 Å². The number of phenolic OH excluding ortho intramolecular Hbond substituents is 1. The molecule has 0 spiro atoms. The van der Waals surface area contributed by atoms with E-state index < -0.39 is 0 Å². The zero-order valence-electron chi connectivity index (χ0n) is 11.1. The van der Waals surface area contributed by atoms with Gasteiger partial charge in [0.2, 0.25) is 0 Å². The Morgan fingerprint density at radius 3 is 2.28 bits per heavy atom. The van der Waals surface area contributed by atoms with E-state index in [2.05, 4.69) is 38.1 Å². The van der Waals surface area contributed by atoms with E-state index in [4.69, 9.17) is 0 Å². The van der Waals surface area contributed by atoms with Crippen LogP contribution in [0.25, 0.3) is 0 Å². The molecule has 0 heterocycles. The Kier molecular flexibility index (Phi) is 4.03. The molecule has 0 aromatic heterocycles. The van der Waals surface area contributed by atoms with Gasteiger partial charge in [-0.05, 0) is 42.9 Å². The molecular formula is C17H20O. The van der Waals surface area contributed by atoms with Crippen LogP contribution < -0.4 is 0 Å². The van der Waals surface area contributed by atoms with Crippen LogP contribution in [0, 0.1) is 6.92 Å². The molecule has 0 aliphatic heterocycles. The number of aryl methyl sites for hydroxylation is 1. The highest BCUT2D eigenvalue weighted by molar-refractivity contribution is 5.36. The summed E-state index contributed by atoms with van der Waals surface area (Å²) in [5.41, 5.74) is 3.67. The van der Waals surface area contributed by atoms with Crippen LogP contribution in [0.15, 0.2) is 48.5 Å². The van der Waals surface area contributed by atoms with Gasteiger partial charge in [-0.3, -0.25) is 0 Å². The molecule has 1 heteroatoms. The maximum Gasteiger partial charge on any atom is 0.119 e. The van der Waals surface area contributed by atoms with E-state index in [1.165, 1.54) is 11.1 Å². The summed E-state index contributed by atoms with van der Waals surface area (Å²) in [4.78, 5) is 0. The smallest absolute Gasteiger partial charge is 0.119 e. The molecule has 0 amide bonds. The van der Waals surface area contributed by atoms with E-state index in [0.29, 0.717) is 11.7 Å². The Labute approximate surface area is 109 Å². The van der Waals surface area contributed by atoms with Crippen LogP contribution in [0.1, 0.15) is 36.0 Å². The predicted molar refractivity (Wildman–Crippen MR) is 76.0 cm³/mol. The Morgan fingerprint density at radius 1 is 1.00 bits per heavy atom. The van der Waals surface area contributed by atoms with E-state index in [1.807, 2.05) is 18.2 Å². The van der Waals surface area contributed by atoms with Gasteiger partial charge < -0.3 is 5.11 Å². The molecular weight excluding hydrogens is 220 g/mol. The highest BCUT2D eigenvalue weighted by Gasteiger charge is 2.13. The second kappa shape index (κ2) is 5.72. The highest BCUT2D eigenvalue weighted by Crippen LogP contribution is 2.30.